The van der Waals surface area contributed by atoms with Gasteiger partial charge in [-0.05, 0) is 59.5 Å². The molecule has 0 aliphatic heterocycles. The van der Waals surface area contributed by atoms with Gasteiger partial charge in [0.25, 0.3) is 5.91 Å². The van der Waals surface area contributed by atoms with E-state index >= 15 is 0 Å². The van der Waals surface area contributed by atoms with Crippen LogP contribution in [0.1, 0.15) is 21.1 Å². The van der Waals surface area contributed by atoms with Crippen LogP contribution in [0.4, 0.5) is 5.69 Å². The molecule has 8 heteroatoms. The maximum atomic E-state index is 12.3. The minimum Gasteiger partial charge on any atom is -0.494 e. The van der Waals surface area contributed by atoms with E-state index in [0.717, 1.165) is 5.56 Å². The van der Waals surface area contributed by atoms with Crippen LogP contribution in [0.15, 0.2) is 29.6 Å². The van der Waals surface area contributed by atoms with Crippen LogP contribution < -0.4 is 10.1 Å². The number of rotatable bonds is 4. The van der Waals surface area contributed by atoms with Crippen LogP contribution in [-0.2, 0) is 0 Å². The van der Waals surface area contributed by atoms with Crippen LogP contribution >= 0.6 is 11.3 Å². The van der Waals surface area contributed by atoms with Crippen molar-refractivity contribution in [3.05, 3.63) is 45.9 Å². The molecule has 0 fully saturated rings. The molecule has 0 unspecified atom stereocenters. The number of hydrogen-bond donors (Lipinski definition) is 1. The van der Waals surface area contributed by atoms with E-state index in [1.165, 1.54) is 11.3 Å². The van der Waals surface area contributed by atoms with Gasteiger partial charge in [0, 0.05) is 5.69 Å². The van der Waals surface area contributed by atoms with E-state index in [1.807, 2.05) is 18.4 Å². The Kier molecular flexibility index (Phi) is 4.07. The number of amides is 1. The van der Waals surface area contributed by atoms with E-state index in [0.29, 0.717) is 27.8 Å². The number of anilines is 1. The van der Waals surface area contributed by atoms with Crippen LogP contribution in [0.2, 0.25) is 0 Å². The average molecular weight is 329 g/mol. The highest BCUT2D eigenvalue weighted by atomic mass is 32.1. The molecule has 2 heterocycles. The molecule has 0 radical (unpaired) electrons. The summed E-state index contributed by atoms with van der Waals surface area (Å²) in [5.74, 6) is 1.11. The fraction of sp³-hybridized carbons (Fsp3) is 0.200. The molecule has 1 aromatic carbocycles. The molecule has 1 N–H and O–H groups in total. The fourth-order valence-electron chi connectivity index (χ4n) is 2.18. The number of tetrazole rings is 1. The smallest absolute Gasteiger partial charge is 0.265 e. The Morgan fingerprint density at radius 2 is 2.13 bits per heavy atom. The van der Waals surface area contributed by atoms with Crippen molar-refractivity contribution < 1.29 is 9.53 Å². The van der Waals surface area contributed by atoms with Crippen LogP contribution in [0.3, 0.4) is 0 Å². The summed E-state index contributed by atoms with van der Waals surface area (Å²) < 4.78 is 6.91. The van der Waals surface area contributed by atoms with Crippen molar-refractivity contribution >= 4 is 22.9 Å². The molecule has 3 rings (SSSR count). The number of aromatic nitrogens is 4. The molecule has 0 saturated carbocycles. The van der Waals surface area contributed by atoms with Gasteiger partial charge in [-0.15, -0.1) is 16.4 Å². The first-order valence-electron chi connectivity index (χ1n) is 6.89. The summed E-state index contributed by atoms with van der Waals surface area (Å²) in [6.07, 6.45) is 0. The van der Waals surface area contributed by atoms with Gasteiger partial charge in [0.05, 0.1) is 12.0 Å². The van der Waals surface area contributed by atoms with Crippen molar-refractivity contribution in [1.82, 2.24) is 20.2 Å². The monoisotopic (exact) mass is 329 g/mol. The number of thiophene rings is 1. The first kappa shape index (κ1) is 15.2. The zero-order chi connectivity index (χ0) is 16.4. The van der Waals surface area contributed by atoms with Crippen LogP contribution in [-0.4, -0.2) is 33.2 Å². The molecule has 0 aliphatic rings. The number of carbonyl (C=O) groups excluding carboxylic acids is 1. The Balaban J connectivity index is 1.94. The summed E-state index contributed by atoms with van der Waals surface area (Å²) in [7, 11) is 1.58. The van der Waals surface area contributed by atoms with Gasteiger partial charge in [0.1, 0.15) is 11.4 Å². The summed E-state index contributed by atoms with van der Waals surface area (Å²) in [4.78, 5) is 13.0. The number of nitrogens with zero attached hydrogens (tertiary/aromatic N) is 4. The highest BCUT2D eigenvalue weighted by molar-refractivity contribution is 7.12. The summed E-state index contributed by atoms with van der Waals surface area (Å²) in [5, 5.41) is 16.2. The second kappa shape index (κ2) is 6.17. The lowest BCUT2D eigenvalue weighted by atomic mass is 10.2. The molecule has 118 valence electrons. The number of hydrogen-bond acceptors (Lipinski definition) is 6. The largest absolute Gasteiger partial charge is 0.494 e. The van der Waals surface area contributed by atoms with Gasteiger partial charge in [-0.1, -0.05) is 0 Å². The minimum absolute atomic E-state index is 0.137. The van der Waals surface area contributed by atoms with Crippen LogP contribution in [0, 0.1) is 13.8 Å². The highest BCUT2D eigenvalue weighted by Crippen LogP contribution is 2.27. The van der Waals surface area contributed by atoms with E-state index < -0.39 is 0 Å². The molecule has 7 nitrogen and oxygen atoms in total. The third kappa shape index (κ3) is 2.93. The highest BCUT2D eigenvalue weighted by Gasteiger charge is 2.14. The zero-order valence-electron chi connectivity index (χ0n) is 12.9. The third-order valence-electron chi connectivity index (χ3n) is 3.36. The zero-order valence-corrected chi connectivity index (χ0v) is 13.7. The van der Waals surface area contributed by atoms with Crippen molar-refractivity contribution in [2.75, 3.05) is 12.4 Å². The maximum absolute atomic E-state index is 12.3. The Morgan fingerprint density at radius 3 is 2.74 bits per heavy atom. The van der Waals surface area contributed by atoms with E-state index in [2.05, 4.69) is 20.8 Å². The van der Waals surface area contributed by atoms with Gasteiger partial charge < -0.3 is 10.1 Å². The Bertz CT molecular complexity index is 855. The lowest BCUT2D eigenvalue weighted by Crippen LogP contribution is -2.12. The SMILES string of the molecule is COc1ccc(NC(=O)c2sccc2C)cc1-n1nnnc1C. The number of aryl methyl sites for hydroxylation is 2. The van der Waals surface area contributed by atoms with Gasteiger partial charge in [-0.2, -0.15) is 4.68 Å². The Hall–Kier alpha value is -2.74. The molecule has 0 aliphatic carbocycles. The fourth-order valence-corrected chi connectivity index (χ4v) is 3.00. The van der Waals surface area contributed by atoms with Crippen molar-refractivity contribution in [3.63, 3.8) is 0 Å². The van der Waals surface area contributed by atoms with Crippen molar-refractivity contribution in [2.45, 2.75) is 13.8 Å². The van der Waals surface area contributed by atoms with E-state index in [9.17, 15) is 4.79 Å². The molecule has 1 amide bonds. The van der Waals surface area contributed by atoms with E-state index in [-0.39, 0.29) is 5.91 Å². The minimum atomic E-state index is -0.137. The predicted molar refractivity (Wildman–Crippen MR) is 87.5 cm³/mol. The molecule has 0 bridgehead atoms. The molecule has 0 spiro atoms. The topological polar surface area (TPSA) is 81.9 Å². The number of methoxy groups -OCH3 is 1. The normalized spacial score (nSPS) is 10.6. The summed E-state index contributed by atoms with van der Waals surface area (Å²) in [6.45, 7) is 3.70. The van der Waals surface area contributed by atoms with Crippen LogP contribution in [0.5, 0.6) is 5.75 Å². The quantitative estimate of drug-likeness (QED) is 0.795. The second-order valence-corrected chi connectivity index (χ2v) is 5.83. The Morgan fingerprint density at radius 1 is 1.30 bits per heavy atom. The first-order valence-corrected chi connectivity index (χ1v) is 7.77. The lowest BCUT2D eigenvalue weighted by molar-refractivity contribution is 0.103. The molecular weight excluding hydrogens is 314 g/mol. The summed E-state index contributed by atoms with van der Waals surface area (Å²) in [6, 6.07) is 7.25. The van der Waals surface area contributed by atoms with E-state index in [4.69, 9.17) is 4.74 Å². The van der Waals surface area contributed by atoms with Crippen molar-refractivity contribution in [2.24, 2.45) is 0 Å². The van der Waals surface area contributed by atoms with Crippen molar-refractivity contribution in [3.8, 4) is 11.4 Å². The number of nitrogens with one attached hydrogen (secondary N) is 1. The second-order valence-electron chi connectivity index (χ2n) is 4.91. The van der Waals surface area contributed by atoms with Gasteiger partial charge in [0.15, 0.2) is 5.82 Å². The molecular formula is C15H15N5O2S. The Labute approximate surface area is 136 Å². The standard InChI is InChI=1S/C15H15N5O2S/c1-9-6-7-23-14(9)15(21)16-11-4-5-13(22-3)12(8-11)20-10(2)17-18-19-20/h4-8H,1-3H3,(H,16,21). The predicted octanol–water partition coefficient (Wildman–Crippen LogP) is 2.60. The van der Waals surface area contributed by atoms with Crippen molar-refractivity contribution in [1.29, 1.82) is 0 Å². The van der Waals surface area contributed by atoms with E-state index in [1.54, 1.807) is 36.9 Å². The lowest BCUT2D eigenvalue weighted by Gasteiger charge is -2.11. The molecule has 23 heavy (non-hydrogen) atoms. The van der Waals surface area contributed by atoms with Gasteiger partial charge in [-0.25, -0.2) is 0 Å². The molecule has 0 atom stereocenters. The van der Waals surface area contributed by atoms with Crippen LogP contribution in [0.25, 0.3) is 5.69 Å². The molecule has 0 saturated heterocycles. The summed E-state index contributed by atoms with van der Waals surface area (Å²) in [5.41, 5.74) is 2.27. The molecule has 3 aromatic rings. The third-order valence-corrected chi connectivity index (χ3v) is 4.37. The van der Waals surface area contributed by atoms with Gasteiger partial charge >= 0.3 is 0 Å². The number of carbonyl (C=O) groups is 1. The summed E-state index contributed by atoms with van der Waals surface area (Å²) >= 11 is 1.41. The van der Waals surface area contributed by atoms with Gasteiger partial charge in [-0.3, -0.25) is 4.79 Å². The number of benzene rings is 1. The number of ether oxygens (including phenoxy) is 1. The average Bonchev–Trinajstić information content (AvgIpc) is 3.15. The first-order chi connectivity index (χ1) is 11.1. The maximum Gasteiger partial charge on any atom is 0.265 e. The molecule has 2 aromatic heterocycles. The van der Waals surface area contributed by atoms with Gasteiger partial charge in [0.2, 0.25) is 0 Å².